The first-order valence-electron chi connectivity index (χ1n) is 2.12. The maximum absolute atomic E-state index is 5.52. The minimum Gasteiger partial charge on any atom is -0.477 e. The standard InChI is InChI=1S/C5H4Cl2O/c6-4-2-1-3-8-5(4)7/h1-3,5H. The van der Waals surface area contributed by atoms with Gasteiger partial charge in [-0.15, -0.1) is 0 Å². The van der Waals surface area contributed by atoms with Crippen LogP contribution in [0.3, 0.4) is 0 Å². The largest absolute Gasteiger partial charge is 0.477 e. The molecule has 0 aromatic rings. The lowest BCUT2D eigenvalue weighted by molar-refractivity contribution is 0.247. The monoisotopic (exact) mass is 150 g/mol. The van der Waals surface area contributed by atoms with Gasteiger partial charge < -0.3 is 4.74 Å². The molecule has 0 aromatic heterocycles. The molecule has 44 valence electrons. The number of allylic oxidation sites excluding steroid dienone is 2. The predicted molar refractivity (Wildman–Crippen MR) is 33.8 cm³/mol. The van der Waals surface area contributed by atoms with E-state index in [9.17, 15) is 0 Å². The van der Waals surface area contributed by atoms with Gasteiger partial charge in [-0.25, -0.2) is 0 Å². The van der Waals surface area contributed by atoms with E-state index in [1.807, 2.05) is 0 Å². The van der Waals surface area contributed by atoms with Gasteiger partial charge in [0.2, 0.25) is 5.56 Å². The van der Waals surface area contributed by atoms with Crippen LogP contribution < -0.4 is 0 Å². The lowest BCUT2D eigenvalue weighted by Crippen LogP contribution is -2.02. The second-order valence-electron chi connectivity index (χ2n) is 1.33. The molecular formula is C5H4Cl2O. The number of rotatable bonds is 0. The van der Waals surface area contributed by atoms with Crippen LogP contribution in [0.15, 0.2) is 23.4 Å². The van der Waals surface area contributed by atoms with Crippen LogP contribution in [0.1, 0.15) is 0 Å². The second-order valence-corrected chi connectivity index (χ2v) is 2.17. The van der Waals surface area contributed by atoms with Gasteiger partial charge in [0.15, 0.2) is 0 Å². The third-order valence-electron chi connectivity index (χ3n) is 0.749. The maximum atomic E-state index is 5.52. The molecule has 0 fully saturated rings. The zero-order valence-corrected chi connectivity index (χ0v) is 5.49. The zero-order chi connectivity index (χ0) is 5.98. The molecule has 0 N–H and O–H groups in total. The third kappa shape index (κ3) is 1.17. The molecular weight excluding hydrogens is 147 g/mol. The highest BCUT2D eigenvalue weighted by atomic mass is 35.5. The molecule has 0 aliphatic carbocycles. The molecule has 0 aromatic carbocycles. The zero-order valence-electron chi connectivity index (χ0n) is 3.97. The molecule has 1 aliphatic rings. The van der Waals surface area contributed by atoms with Gasteiger partial charge in [0.1, 0.15) is 0 Å². The molecule has 0 spiro atoms. The number of alkyl halides is 1. The molecule has 1 unspecified atom stereocenters. The van der Waals surface area contributed by atoms with Gasteiger partial charge in [0.25, 0.3) is 0 Å². The maximum Gasteiger partial charge on any atom is 0.207 e. The topological polar surface area (TPSA) is 9.23 Å². The Morgan fingerprint density at radius 3 is 2.75 bits per heavy atom. The Hall–Kier alpha value is -0.140. The van der Waals surface area contributed by atoms with Crippen molar-refractivity contribution >= 4 is 23.2 Å². The Morgan fingerprint density at radius 2 is 2.38 bits per heavy atom. The molecule has 1 atom stereocenters. The quantitative estimate of drug-likeness (QED) is 0.482. The summed E-state index contributed by atoms with van der Waals surface area (Å²) in [7, 11) is 0. The average Bonchev–Trinajstić information content (AvgIpc) is 1.77. The number of hydrogen-bond donors (Lipinski definition) is 0. The molecule has 0 bridgehead atoms. The highest BCUT2D eigenvalue weighted by Gasteiger charge is 2.08. The first-order chi connectivity index (χ1) is 3.80. The van der Waals surface area contributed by atoms with Crippen LogP contribution in [0, 0.1) is 0 Å². The summed E-state index contributed by atoms with van der Waals surface area (Å²) in [4.78, 5) is 0. The fourth-order valence-corrected chi connectivity index (χ4v) is 0.643. The summed E-state index contributed by atoms with van der Waals surface area (Å²) in [5, 5.41) is 0.522. The van der Waals surface area contributed by atoms with Gasteiger partial charge >= 0.3 is 0 Å². The van der Waals surface area contributed by atoms with E-state index in [1.54, 1.807) is 12.2 Å². The molecule has 1 nitrogen and oxygen atoms in total. The fourth-order valence-electron chi connectivity index (χ4n) is 0.386. The first-order valence-corrected chi connectivity index (χ1v) is 2.94. The summed E-state index contributed by atoms with van der Waals surface area (Å²) in [6.07, 6.45) is 4.90. The van der Waals surface area contributed by atoms with Crippen LogP contribution in [0.5, 0.6) is 0 Å². The van der Waals surface area contributed by atoms with E-state index in [0.717, 1.165) is 0 Å². The van der Waals surface area contributed by atoms with Gasteiger partial charge in [-0.1, -0.05) is 23.2 Å². The lowest BCUT2D eigenvalue weighted by atomic mass is 10.4. The molecule has 3 heteroatoms. The van der Waals surface area contributed by atoms with Crippen molar-refractivity contribution in [1.82, 2.24) is 0 Å². The highest BCUT2D eigenvalue weighted by molar-refractivity contribution is 6.37. The Balaban J connectivity index is 2.66. The van der Waals surface area contributed by atoms with Crippen LogP contribution in [0.2, 0.25) is 0 Å². The minimum atomic E-state index is -0.485. The van der Waals surface area contributed by atoms with Gasteiger partial charge in [-0.05, 0) is 12.2 Å². The van der Waals surface area contributed by atoms with Crippen molar-refractivity contribution in [2.24, 2.45) is 0 Å². The van der Waals surface area contributed by atoms with Crippen molar-refractivity contribution in [3.8, 4) is 0 Å². The summed E-state index contributed by atoms with van der Waals surface area (Å²) in [5.74, 6) is 0. The SMILES string of the molecule is ClC1=CC=COC1Cl. The summed E-state index contributed by atoms with van der Waals surface area (Å²) in [6, 6.07) is 0. The summed E-state index contributed by atoms with van der Waals surface area (Å²) < 4.78 is 4.77. The van der Waals surface area contributed by atoms with Gasteiger partial charge in [0.05, 0.1) is 11.3 Å². The van der Waals surface area contributed by atoms with Gasteiger partial charge in [-0.2, -0.15) is 0 Å². The Labute approximate surface area is 57.5 Å². The van der Waals surface area contributed by atoms with E-state index in [4.69, 9.17) is 27.9 Å². The van der Waals surface area contributed by atoms with Crippen molar-refractivity contribution in [3.05, 3.63) is 23.4 Å². The van der Waals surface area contributed by atoms with Crippen LogP contribution in [0.4, 0.5) is 0 Å². The van der Waals surface area contributed by atoms with E-state index in [1.165, 1.54) is 6.26 Å². The Kier molecular flexibility index (Phi) is 1.81. The normalized spacial score (nSPS) is 26.8. The second kappa shape index (κ2) is 2.42. The molecule has 8 heavy (non-hydrogen) atoms. The van der Waals surface area contributed by atoms with Gasteiger partial charge in [-0.3, -0.25) is 0 Å². The predicted octanol–water partition coefficient (Wildman–Crippen LogP) is 2.22. The fraction of sp³-hybridized carbons (Fsp3) is 0.200. The molecule has 0 saturated carbocycles. The van der Waals surface area contributed by atoms with Gasteiger partial charge in [0, 0.05) is 0 Å². The van der Waals surface area contributed by atoms with Crippen molar-refractivity contribution in [2.45, 2.75) is 5.56 Å². The number of hydrogen-bond acceptors (Lipinski definition) is 1. The summed E-state index contributed by atoms with van der Waals surface area (Å²) >= 11 is 11.0. The van der Waals surface area contributed by atoms with Crippen molar-refractivity contribution in [2.75, 3.05) is 0 Å². The molecule has 0 amide bonds. The third-order valence-corrected chi connectivity index (χ3v) is 1.52. The molecule has 1 aliphatic heterocycles. The van der Waals surface area contributed by atoms with E-state index in [2.05, 4.69) is 0 Å². The molecule has 1 rings (SSSR count). The smallest absolute Gasteiger partial charge is 0.207 e. The van der Waals surface area contributed by atoms with E-state index < -0.39 is 5.56 Å². The van der Waals surface area contributed by atoms with Crippen molar-refractivity contribution in [1.29, 1.82) is 0 Å². The molecule has 0 saturated heterocycles. The Bertz CT molecular complexity index is 139. The van der Waals surface area contributed by atoms with Crippen LogP contribution in [-0.2, 0) is 4.74 Å². The number of halogens is 2. The molecule has 0 radical (unpaired) electrons. The number of ether oxygens (including phenoxy) is 1. The van der Waals surface area contributed by atoms with E-state index in [0.29, 0.717) is 5.03 Å². The summed E-state index contributed by atoms with van der Waals surface area (Å²) in [6.45, 7) is 0. The Morgan fingerprint density at radius 1 is 1.62 bits per heavy atom. The minimum absolute atomic E-state index is 0.485. The average molecular weight is 151 g/mol. The van der Waals surface area contributed by atoms with E-state index >= 15 is 0 Å². The van der Waals surface area contributed by atoms with E-state index in [-0.39, 0.29) is 0 Å². The van der Waals surface area contributed by atoms with Crippen molar-refractivity contribution < 1.29 is 4.74 Å². The highest BCUT2D eigenvalue weighted by Crippen LogP contribution is 2.18. The van der Waals surface area contributed by atoms with Crippen LogP contribution in [0.25, 0.3) is 0 Å². The first kappa shape index (κ1) is 5.99. The molecule has 1 heterocycles. The lowest BCUT2D eigenvalue weighted by Gasteiger charge is -2.09. The van der Waals surface area contributed by atoms with Crippen LogP contribution in [-0.4, -0.2) is 5.56 Å². The van der Waals surface area contributed by atoms with Crippen LogP contribution >= 0.6 is 23.2 Å². The summed E-state index contributed by atoms with van der Waals surface area (Å²) in [5.41, 5.74) is -0.485. The van der Waals surface area contributed by atoms with Crippen molar-refractivity contribution in [3.63, 3.8) is 0 Å².